The van der Waals surface area contributed by atoms with E-state index in [9.17, 15) is 9.59 Å². The molecule has 0 amide bonds. The molecule has 3 heteroatoms. The van der Waals surface area contributed by atoms with Crippen molar-refractivity contribution in [1.82, 2.24) is 0 Å². The molecule has 0 bridgehead atoms. The standard InChI is InChI=1S/C8H10O3/c1-5(2)7(9)4-6(3)8(10)11/h4H,1H2,2-3H3,(H,10,11). The predicted octanol–water partition coefficient (Wildman–Crippen LogP) is 1.16. The van der Waals surface area contributed by atoms with Gasteiger partial charge >= 0.3 is 5.97 Å². The van der Waals surface area contributed by atoms with E-state index in [-0.39, 0.29) is 11.4 Å². The quantitative estimate of drug-likeness (QED) is 0.620. The van der Waals surface area contributed by atoms with Gasteiger partial charge in [-0.3, -0.25) is 4.79 Å². The van der Waals surface area contributed by atoms with Gasteiger partial charge in [-0.15, -0.1) is 0 Å². The molecule has 0 saturated carbocycles. The van der Waals surface area contributed by atoms with Crippen LogP contribution in [-0.2, 0) is 9.59 Å². The van der Waals surface area contributed by atoms with E-state index in [2.05, 4.69) is 6.58 Å². The Labute approximate surface area is 65.0 Å². The first-order valence-corrected chi connectivity index (χ1v) is 3.06. The average Bonchev–Trinajstić information content (AvgIpc) is 1.87. The zero-order valence-electron chi connectivity index (χ0n) is 6.55. The number of carbonyl (C=O) groups excluding carboxylic acids is 1. The Balaban J connectivity index is 4.44. The molecule has 0 aromatic rings. The third-order valence-electron chi connectivity index (χ3n) is 1.11. The molecule has 0 unspecified atom stereocenters. The summed E-state index contributed by atoms with van der Waals surface area (Å²) in [5.41, 5.74) is 0.364. The lowest BCUT2D eigenvalue weighted by atomic mass is 10.1. The average molecular weight is 154 g/mol. The lowest BCUT2D eigenvalue weighted by molar-refractivity contribution is -0.132. The molecule has 1 N–H and O–H groups in total. The molecule has 11 heavy (non-hydrogen) atoms. The molecule has 0 aliphatic rings. The van der Waals surface area contributed by atoms with E-state index in [4.69, 9.17) is 5.11 Å². The van der Waals surface area contributed by atoms with Gasteiger partial charge in [0.25, 0.3) is 0 Å². The molecule has 0 rings (SSSR count). The maximum Gasteiger partial charge on any atom is 0.331 e. The van der Waals surface area contributed by atoms with Crippen LogP contribution in [0, 0.1) is 0 Å². The zero-order chi connectivity index (χ0) is 9.02. The summed E-state index contributed by atoms with van der Waals surface area (Å²) in [6, 6.07) is 0. The Morgan fingerprint density at radius 1 is 1.36 bits per heavy atom. The van der Waals surface area contributed by atoms with Gasteiger partial charge in [-0.05, 0) is 25.5 Å². The van der Waals surface area contributed by atoms with E-state index in [0.29, 0.717) is 5.57 Å². The van der Waals surface area contributed by atoms with Gasteiger partial charge < -0.3 is 5.11 Å². The van der Waals surface area contributed by atoms with Gasteiger partial charge in [0, 0.05) is 5.57 Å². The highest BCUT2D eigenvalue weighted by molar-refractivity contribution is 6.07. The van der Waals surface area contributed by atoms with Gasteiger partial charge in [0.2, 0.25) is 0 Å². The first-order valence-electron chi connectivity index (χ1n) is 3.06. The van der Waals surface area contributed by atoms with E-state index >= 15 is 0 Å². The zero-order valence-corrected chi connectivity index (χ0v) is 6.55. The minimum absolute atomic E-state index is 0.0259. The normalized spacial score (nSPS) is 10.9. The van der Waals surface area contributed by atoms with Crippen molar-refractivity contribution >= 4 is 11.8 Å². The number of carbonyl (C=O) groups is 2. The molecule has 0 aliphatic heterocycles. The number of carboxylic acids is 1. The molecule has 0 saturated heterocycles. The summed E-state index contributed by atoms with van der Waals surface area (Å²) in [7, 11) is 0. The third kappa shape index (κ3) is 3.35. The molecule has 0 aromatic heterocycles. The molecule has 60 valence electrons. The molecule has 0 radical (unpaired) electrons. The second-order valence-corrected chi connectivity index (χ2v) is 2.28. The second kappa shape index (κ2) is 3.71. The summed E-state index contributed by atoms with van der Waals surface area (Å²) < 4.78 is 0. The smallest absolute Gasteiger partial charge is 0.331 e. The number of ketones is 1. The van der Waals surface area contributed by atoms with Crippen molar-refractivity contribution in [3.63, 3.8) is 0 Å². The summed E-state index contributed by atoms with van der Waals surface area (Å²) in [6.45, 7) is 6.28. The molecule has 0 fully saturated rings. The van der Waals surface area contributed by atoms with E-state index < -0.39 is 5.97 Å². The highest BCUT2D eigenvalue weighted by atomic mass is 16.4. The Hall–Kier alpha value is -1.38. The number of aliphatic carboxylic acids is 1. The SMILES string of the molecule is C=C(C)C(=O)C=C(C)C(=O)O. The Morgan fingerprint density at radius 2 is 1.82 bits per heavy atom. The fraction of sp³-hybridized carbons (Fsp3) is 0.250. The van der Waals surface area contributed by atoms with Crippen LogP contribution >= 0.6 is 0 Å². The van der Waals surface area contributed by atoms with Crippen LogP contribution in [0.5, 0.6) is 0 Å². The number of rotatable bonds is 3. The fourth-order valence-electron chi connectivity index (χ4n) is 0.382. The summed E-state index contributed by atoms with van der Waals surface area (Å²) in [5.74, 6) is -1.43. The van der Waals surface area contributed by atoms with Crippen LogP contribution in [0.4, 0.5) is 0 Å². The number of allylic oxidation sites excluding steroid dienone is 2. The van der Waals surface area contributed by atoms with Crippen molar-refractivity contribution in [3.05, 3.63) is 23.8 Å². The van der Waals surface area contributed by atoms with Crippen LogP contribution in [0.3, 0.4) is 0 Å². The lowest BCUT2D eigenvalue weighted by Gasteiger charge is -1.92. The van der Waals surface area contributed by atoms with E-state index in [0.717, 1.165) is 6.08 Å². The van der Waals surface area contributed by atoms with Gasteiger partial charge in [0.15, 0.2) is 5.78 Å². The first-order chi connectivity index (χ1) is 4.95. The molecular formula is C8H10O3. The Kier molecular flexibility index (Phi) is 3.24. The van der Waals surface area contributed by atoms with Gasteiger partial charge in [-0.2, -0.15) is 0 Å². The van der Waals surface area contributed by atoms with E-state index in [1.165, 1.54) is 13.8 Å². The van der Waals surface area contributed by atoms with Crippen LogP contribution in [0.25, 0.3) is 0 Å². The van der Waals surface area contributed by atoms with Gasteiger partial charge in [0.1, 0.15) is 0 Å². The van der Waals surface area contributed by atoms with Crippen molar-refractivity contribution < 1.29 is 14.7 Å². The van der Waals surface area contributed by atoms with Crippen molar-refractivity contribution in [2.24, 2.45) is 0 Å². The molecule has 0 aromatic carbocycles. The number of hydrogen-bond acceptors (Lipinski definition) is 2. The van der Waals surface area contributed by atoms with Crippen LogP contribution < -0.4 is 0 Å². The van der Waals surface area contributed by atoms with Crippen molar-refractivity contribution in [2.45, 2.75) is 13.8 Å². The highest BCUT2D eigenvalue weighted by Crippen LogP contribution is 1.97. The topological polar surface area (TPSA) is 54.4 Å². The summed E-state index contributed by atoms with van der Waals surface area (Å²) in [4.78, 5) is 21.0. The highest BCUT2D eigenvalue weighted by Gasteiger charge is 2.03. The Bertz CT molecular complexity index is 236. The third-order valence-corrected chi connectivity index (χ3v) is 1.11. The lowest BCUT2D eigenvalue weighted by Crippen LogP contribution is -2.01. The largest absolute Gasteiger partial charge is 0.478 e. The van der Waals surface area contributed by atoms with Crippen LogP contribution in [0.1, 0.15) is 13.8 Å². The molecule has 0 heterocycles. The van der Waals surface area contributed by atoms with Crippen molar-refractivity contribution in [2.75, 3.05) is 0 Å². The fourth-order valence-corrected chi connectivity index (χ4v) is 0.382. The molecule has 0 atom stereocenters. The van der Waals surface area contributed by atoms with Crippen molar-refractivity contribution in [1.29, 1.82) is 0 Å². The van der Waals surface area contributed by atoms with E-state index in [1.54, 1.807) is 0 Å². The molecule has 0 spiro atoms. The summed E-state index contributed by atoms with van der Waals surface area (Å²) >= 11 is 0. The summed E-state index contributed by atoms with van der Waals surface area (Å²) in [5, 5.41) is 8.36. The minimum atomic E-state index is -1.08. The maximum absolute atomic E-state index is 10.8. The second-order valence-electron chi connectivity index (χ2n) is 2.28. The van der Waals surface area contributed by atoms with Crippen LogP contribution in [0.2, 0.25) is 0 Å². The predicted molar refractivity (Wildman–Crippen MR) is 41.2 cm³/mol. The van der Waals surface area contributed by atoms with Crippen molar-refractivity contribution in [3.8, 4) is 0 Å². The molecular weight excluding hydrogens is 144 g/mol. The number of hydrogen-bond donors (Lipinski definition) is 1. The summed E-state index contributed by atoms with van der Waals surface area (Å²) in [6.07, 6.45) is 1.06. The maximum atomic E-state index is 10.8. The van der Waals surface area contributed by atoms with Crippen LogP contribution in [-0.4, -0.2) is 16.9 Å². The van der Waals surface area contributed by atoms with Crippen LogP contribution in [0.15, 0.2) is 23.8 Å². The molecule has 3 nitrogen and oxygen atoms in total. The van der Waals surface area contributed by atoms with Gasteiger partial charge in [0.05, 0.1) is 0 Å². The number of carboxylic acid groups (broad SMARTS) is 1. The van der Waals surface area contributed by atoms with Gasteiger partial charge in [-0.25, -0.2) is 4.79 Å². The monoisotopic (exact) mass is 154 g/mol. The minimum Gasteiger partial charge on any atom is -0.478 e. The van der Waals surface area contributed by atoms with Gasteiger partial charge in [-0.1, -0.05) is 6.58 Å². The molecule has 0 aliphatic carbocycles. The Morgan fingerprint density at radius 3 is 2.09 bits per heavy atom. The van der Waals surface area contributed by atoms with E-state index in [1.807, 2.05) is 0 Å². The first kappa shape index (κ1) is 9.62.